The van der Waals surface area contributed by atoms with E-state index in [2.05, 4.69) is 15.6 Å². The molecule has 0 aliphatic carbocycles. The smallest absolute Gasteiger partial charge is 0.423 e. The van der Waals surface area contributed by atoms with Crippen LogP contribution in [0.25, 0.3) is 10.9 Å². The highest BCUT2D eigenvalue weighted by atomic mass is 19.4. The van der Waals surface area contributed by atoms with Crippen LogP contribution in [-0.4, -0.2) is 21.7 Å². The number of anilines is 2. The molecule has 2 N–H and O–H groups in total. The molecule has 3 aromatic carbocycles. The number of hydrogen-bond donors (Lipinski definition) is 2. The third-order valence-corrected chi connectivity index (χ3v) is 5.47. The van der Waals surface area contributed by atoms with Gasteiger partial charge in [0.05, 0.1) is 16.1 Å². The molecule has 4 rings (SSSR count). The van der Waals surface area contributed by atoms with Crippen LogP contribution in [0.2, 0.25) is 0 Å². The number of hydrogen-bond acceptors (Lipinski definition) is 6. The van der Waals surface area contributed by atoms with Gasteiger partial charge in [-0.15, -0.1) is 0 Å². The number of nitro groups is 1. The first-order chi connectivity index (χ1) is 17.9. The summed E-state index contributed by atoms with van der Waals surface area (Å²) in [7, 11) is 0. The molecular formula is C26H19F3N4O5. The molecular weight excluding hydrogens is 505 g/mol. The number of benzene rings is 3. The minimum Gasteiger partial charge on any atom is -0.456 e. The molecule has 0 radical (unpaired) electrons. The standard InChI is InChI=1S/C26H19F3N4O5/c1-14-6-8-17(32-25(35)16-7-9-21(33(36)37)19(12-16)26(27,28)29)13-23(14)38-22-10-11-30-24-18(22)4-3-5-20(24)31-15(2)34/h3-13H,1-2H3,(H,31,34)(H,32,35). The number of pyridine rings is 1. The van der Waals surface area contributed by atoms with Crippen LogP contribution >= 0.6 is 0 Å². The first-order valence-electron chi connectivity index (χ1n) is 11.0. The molecule has 194 valence electrons. The minimum absolute atomic E-state index is 0.222. The number of amides is 2. The highest BCUT2D eigenvalue weighted by Gasteiger charge is 2.38. The maximum absolute atomic E-state index is 13.3. The Morgan fingerprint density at radius 3 is 2.45 bits per heavy atom. The van der Waals surface area contributed by atoms with Crippen molar-refractivity contribution in [1.29, 1.82) is 0 Å². The van der Waals surface area contributed by atoms with Gasteiger partial charge in [0.1, 0.15) is 17.1 Å². The summed E-state index contributed by atoms with van der Waals surface area (Å²) >= 11 is 0. The van der Waals surface area contributed by atoms with Crippen LogP contribution < -0.4 is 15.4 Å². The van der Waals surface area contributed by atoms with Gasteiger partial charge in [-0.3, -0.25) is 24.7 Å². The zero-order valence-electron chi connectivity index (χ0n) is 19.9. The lowest BCUT2D eigenvalue weighted by Crippen LogP contribution is -2.15. The van der Waals surface area contributed by atoms with Crippen LogP contribution in [0.4, 0.5) is 30.2 Å². The number of aryl methyl sites for hydroxylation is 1. The van der Waals surface area contributed by atoms with E-state index in [1.807, 2.05) is 0 Å². The largest absolute Gasteiger partial charge is 0.456 e. The van der Waals surface area contributed by atoms with Crippen LogP contribution in [0, 0.1) is 17.0 Å². The van der Waals surface area contributed by atoms with Crippen LogP contribution in [0.3, 0.4) is 0 Å². The lowest BCUT2D eigenvalue weighted by atomic mass is 10.1. The molecule has 0 saturated heterocycles. The summed E-state index contributed by atoms with van der Waals surface area (Å²) in [5, 5.41) is 16.8. The van der Waals surface area contributed by atoms with Gasteiger partial charge in [-0.05, 0) is 48.9 Å². The summed E-state index contributed by atoms with van der Waals surface area (Å²) in [6.45, 7) is 3.14. The van der Waals surface area contributed by atoms with Gasteiger partial charge in [-0.25, -0.2) is 0 Å². The molecule has 0 unspecified atom stereocenters. The first-order valence-corrected chi connectivity index (χ1v) is 11.0. The second-order valence-corrected chi connectivity index (χ2v) is 8.22. The summed E-state index contributed by atoms with van der Waals surface area (Å²) in [6.07, 6.45) is -3.51. The van der Waals surface area contributed by atoms with E-state index in [-0.39, 0.29) is 11.6 Å². The maximum Gasteiger partial charge on any atom is 0.423 e. The minimum atomic E-state index is -5.02. The molecule has 0 spiro atoms. The van der Waals surface area contributed by atoms with Gasteiger partial charge in [0.25, 0.3) is 11.6 Å². The molecule has 1 aromatic heterocycles. The Hall–Kier alpha value is -5.00. The fourth-order valence-corrected chi connectivity index (χ4v) is 3.70. The molecule has 0 atom stereocenters. The lowest BCUT2D eigenvalue weighted by Gasteiger charge is -2.14. The van der Waals surface area contributed by atoms with Crippen molar-refractivity contribution in [3.63, 3.8) is 0 Å². The highest BCUT2D eigenvalue weighted by Crippen LogP contribution is 2.37. The molecule has 38 heavy (non-hydrogen) atoms. The van der Waals surface area contributed by atoms with Crippen molar-refractivity contribution in [2.45, 2.75) is 20.0 Å². The van der Waals surface area contributed by atoms with E-state index in [0.29, 0.717) is 45.8 Å². The summed E-state index contributed by atoms with van der Waals surface area (Å²) in [4.78, 5) is 38.4. The van der Waals surface area contributed by atoms with Crippen LogP contribution in [0.15, 0.2) is 66.9 Å². The number of halogens is 3. The number of ether oxygens (including phenoxy) is 1. The fraction of sp³-hybridized carbons (Fsp3) is 0.115. The number of nitrogens with one attached hydrogen (secondary N) is 2. The van der Waals surface area contributed by atoms with Crippen molar-refractivity contribution in [1.82, 2.24) is 4.98 Å². The lowest BCUT2D eigenvalue weighted by molar-refractivity contribution is -0.388. The first kappa shape index (κ1) is 26.1. The molecule has 0 aliphatic rings. The topological polar surface area (TPSA) is 123 Å². The van der Waals surface area contributed by atoms with Gasteiger partial charge in [0, 0.05) is 41.9 Å². The number of carbonyl (C=O) groups is 2. The molecule has 0 bridgehead atoms. The van der Waals surface area contributed by atoms with Crippen molar-refractivity contribution in [3.05, 3.63) is 93.7 Å². The monoisotopic (exact) mass is 524 g/mol. The number of para-hydroxylation sites is 1. The van der Waals surface area contributed by atoms with Crippen LogP contribution in [0.5, 0.6) is 11.5 Å². The van der Waals surface area contributed by atoms with Gasteiger partial charge < -0.3 is 15.4 Å². The SMILES string of the molecule is CC(=O)Nc1cccc2c(Oc3cc(NC(=O)c4ccc([N+](=O)[O-])c(C(F)(F)F)c4)ccc3C)ccnc12. The third kappa shape index (κ3) is 5.53. The van der Waals surface area contributed by atoms with E-state index in [1.54, 1.807) is 37.3 Å². The second-order valence-electron chi connectivity index (χ2n) is 8.22. The Morgan fingerprint density at radius 1 is 1.00 bits per heavy atom. The number of aromatic nitrogens is 1. The predicted octanol–water partition coefficient (Wildman–Crippen LogP) is 6.47. The second kappa shape index (κ2) is 10.2. The van der Waals surface area contributed by atoms with Gasteiger partial charge in [0.15, 0.2) is 0 Å². The summed E-state index contributed by atoms with van der Waals surface area (Å²) in [5.74, 6) is -0.395. The molecule has 1 heterocycles. The Morgan fingerprint density at radius 2 is 1.76 bits per heavy atom. The van der Waals surface area contributed by atoms with E-state index >= 15 is 0 Å². The molecule has 0 aliphatic heterocycles. The predicted molar refractivity (Wildman–Crippen MR) is 133 cm³/mol. The highest BCUT2D eigenvalue weighted by molar-refractivity contribution is 6.05. The molecule has 0 fully saturated rings. The zero-order valence-corrected chi connectivity index (χ0v) is 19.9. The van der Waals surface area contributed by atoms with E-state index in [1.165, 1.54) is 25.3 Å². The molecule has 0 saturated carbocycles. The molecule has 2 amide bonds. The van der Waals surface area contributed by atoms with Crippen molar-refractivity contribution < 1.29 is 32.4 Å². The number of carbonyl (C=O) groups excluding carboxylic acids is 2. The van der Waals surface area contributed by atoms with Gasteiger partial charge in [-0.1, -0.05) is 12.1 Å². The Balaban J connectivity index is 1.63. The molecule has 12 heteroatoms. The van der Waals surface area contributed by atoms with E-state index in [9.17, 15) is 32.9 Å². The summed E-state index contributed by atoms with van der Waals surface area (Å²) in [6, 6.07) is 13.5. The van der Waals surface area contributed by atoms with Crippen molar-refractivity contribution in [2.75, 3.05) is 10.6 Å². The van der Waals surface area contributed by atoms with Crippen LogP contribution in [-0.2, 0) is 11.0 Å². The zero-order chi connectivity index (χ0) is 27.6. The average Bonchev–Trinajstić information content (AvgIpc) is 2.85. The Labute approximate surface area is 213 Å². The van der Waals surface area contributed by atoms with E-state index in [4.69, 9.17) is 4.74 Å². The summed E-state index contributed by atoms with van der Waals surface area (Å²) < 4.78 is 46.0. The fourth-order valence-electron chi connectivity index (χ4n) is 3.70. The Kier molecular flexibility index (Phi) is 6.98. The number of nitrogens with zero attached hydrogens (tertiary/aromatic N) is 2. The number of nitro benzene ring substituents is 1. The number of fused-ring (bicyclic) bond motifs is 1. The normalized spacial score (nSPS) is 11.2. The van der Waals surface area contributed by atoms with Crippen molar-refractivity contribution in [2.24, 2.45) is 0 Å². The number of rotatable bonds is 6. The summed E-state index contributed by atoms with van der Waals surface area (Å²) in [5.41, 5.74) is -1.16. The van der Waals surface area contributed by atoms with Crippen molar-refractivity contribution in [3.8, 4) is 11.5 Å². The number of alkyl halides is 3. The van der Waals surface area contributed by atoms with Gasteiger partial charge in [0.2, 0.25) is 5.91 Å². The van der Waals surface area contributed by atoms with Crippen molar-refractivity contribution >= 4 is 39.8 Å². The Bertz CT molecular complexity index is 1590. The quantitative estimate of drug-likeness (QED) is 0.220. The average molecular weight is 524 g/mol. The van der Waals surface area contributed by atoms with E-state index < -0.39 is 33.8 Å². The van der Waals surface area contributed by atoms with Gasteiger partial charge in [-0.2, -0.15) is 13.2 Å². The van der Waals surface area contributed by atoms with E-state index in [0.717, 1.165) is 6.07 Å². The molecule has 9 nitrogen and oxygen atoms in total. The maximum atomic E-state index is 13.3. The third-order valence-electron chi connectivity index (χ3n) is 5.47. The van der Waals surface area contributed by atoms with Crippen LogP contribution in [0.1, 0.15) is 28.4 Å². The molecule has 4 aromatic rings. The van der Waals surface area contributed by atoms with Gasteiger partial charge >= 0.3 is 6.18 Å².